The normalized spacial score (nSPS) is 15.6. The van der Waals surface area contributed by atoms with E-state index in [0.717, 1.165) is 24.3 Å². The highest BCUT2D eigenvalue weighted by atomic mass is 35.5. The minimum Gasteiger partial charge on any atom is -0.326 e. The summed E-state index contributed by atoms with van der Waals surface area (Å²) in [7, 11) is 0. The summed E-state index contributed by atoms with van der Waals surface area (Å²) in [4.78, 5) is 17.0. The van der Waals surface area contributed by atoms with Crippen molar-refractivity contribution in [2.45, 2.75) is 12.3 Å². The van der Waals surface area contributed by atoms with Gasteiger partial charge in [0, 0.05) is 21.8 Å². The van der Waals surface area contributed by atoms with E-state index in [1.54, 1.807) is 0 Å². The van der Waals surface area contributed by atoms with Crippen molar-refractivity contribution in [3.8, 4) is 0 Å². The molecule has 1 amide bonds. The molecular formula is C24H15ClF5N5O. The molecular weight excluding hydrogens is 505 g/mol. The lowest BCUT2D eigenvalue weighted by molar-refractivity contribution is -0.137. The van der Waals surface area contributed by atoms with Crippen LogP contribution < -0.4 is 10.6 Å². The Morgan fingerprint density at radius 2 is 1.72 bits per heavy atom. The average Bonchev–Trinajstić information content (AvgIpc) is 3.26. The molecule has 1 aliphatic rings. The fraction of sp³-hybridized carbons (Fsp3) is 0.0833. The smallest absolute Gasteiger partial charge is 0.326 e. The highest BCUT2D eigenvalue weighted by Crippen LogP contribution is 2.29. The largest absolute Gasteiger partial charge is 0.416 e. The van der Waals surface area contributed by atoms with Gasteiger partial charge in [0.25, 0.3) is 5.91 Å². The molecule has 0 radical (unpaired) electrons. The monoisotopic (exact) mass is 519 g/mol. The number of hydrogen-bond acceptors (Lipinski definition) is 4. The van der Waals surface area contributed by atoms with E-state index in [4.69, 9.17) is 11.6 Å². The molecule has 0 spiro atoms. The number of aliphatic imine (C=N–C) groups is 1. The molecule has 0 bridgehead atoms. The van der Waals surface area contributed by atoms with Gasteiger partial charge in [-0.1, -0.05) is 17.7 Å². The lowest BCUT2D eigenvalue weighted by Gasteiger charge is -2.14. The number of amides is 1. The number of anilines is 1. The Bertz CT molecular complexity index is 1370. The quantitative estimate of drug-likeness (QED) is 0.229. The molecule has 0 saturated heterocycles. The molecule has 0 saturated carbocycles. The molecule has 6 nitrogen and oxygen atoms in total. The zero-order valence-electron chi connectivity index (χ0n) is 18.0. The first kappa shape index (κ1) is 25.0. The SMILES string of the molecule is O=C(NC(=NC1C=C(c2ccc(F)cc2)N=N1)Nc1cc(F)cc(Cl)c1)c1cccc(C(F)(F)F)c1. The van der Waals surface area contributed by atoms with Gasteiger partial charge in [-0.2, -0.15) is 23.4 Å². The van der Waals surface area contributed by atoms with Crippen LogP contribution in [-0.4, -0.2) is 18.0 Å². The first-order valence-electron chi connectivity index (χ1n) is 10.2. The summed E-state index contributed by atoms with van der Waals surface area (Å²) in [5, 5.41) is 13.1. The van der Waals surface area contributed by atoms with Gasteiger partial charge < -0.3 is 5.32 Å². The molecule has 12 heteroatoms. The number of rotatable bonds is 4. The first-order chi connectivity index (χ1) is 17.1. The fourth-order valence-corrected chi connectivity index (χ4v) is 3.40. The predicted molar refractivity (Wildman–Crippen MR) is 124 cm³/mol. The Morgan fingerprint density at radius 3 is 2.42 bits per heavy atom. The van der Waals surface area contributed by atoms with Crippen molar-refractivity contribution in [2.75, 3.05) is 5.32 Å². The second kappa shape index (κ2) is 10.2. The van der Waals surface area contributed by atoms with Gasteiger partial charge in [0.15, 0.2) is 6.17 Å². The molecule has 1 aliphatic heterocycles. The molecule has 36 heavy (non-hydrogen) atoms. The molecule has 0 fully saturated rings. The van der Waals surface area contributed by atoms with Crippen molar-refractivity contribution in [3.63, 3.8) is 0 Å². The summed E-state index contributed by atoms with van der Waals surface area (Å²) in [6.07, 6.45) is -4.07. The van der Waals surface area contributed by atoms with Gasteiger partial charge in [0.2, 0.25) is 5.96 Å². The van der Waals surface area contributed by atoms with E-state index >= 15 is 0 Å². The molecule has 0 aliphatic carbocycles. The lowest BCUT2D eigenvalue weighted by atomic mass is 10.1. The topological polar surface area (TPSA) is 78.2 Å². The molecule has 1 heterocycles. The van der Waals surface area contributed by atoms with Crippen LogP contribution in [0.25, 0.3) is 5.70 Å². The van der Waals surface area contributed by atoms with Crippen molar-refractivity contribution < 1.29 is 26.7 Å². The van der Waals surface area contributed by atoms with Crippen LogP contribution in [0.4, 0.5) is 27.6 Å². The van der Waals surface area contributed by atoms with E-state index in [9.17, 15) is 26.7 Å². The van der Waals surface area contributed by atoms with Crippen molar-refractivity contribution in [1.82, 2.24) is 5.32 Å². The lowest BCUT2D eigenvalue weighted by Crippen LogP contribution is -2.37. The number of alkyl halides is 3. The van der Waals surface area contributed by atoms with Crippen molar-refractivity contribution in [2.24, 2.45) is 15.2 Å². The number of halogens is 6. The molecule has 0 aromatic heterocycles. The van der Waals surface area contributed by atoms with E-state index in [0.29, 0.717) is 17.3 Å². The molecule has 4 rings (SSSR count). The number of carbonyl (C=O) groups excluding carboxylic acids is 1. The van der Waals surface area contributed by atoms with Crippen molar-refractivity contribution >= 4 is 34.9 Å². The molecule has 1 atom stereocenters. The van der Waals surface area contributed by atoms with Gasteiger partial charge in [-0.05, 0) is 66.7 Å². The predicted octanol–water partition coefficient (Wildman–Crippen LogP) is 6.67. The Hall–Kier alpha value is -4.12. The van der Waals surface area contributed by atoms with Gasteiger partial charge in [-0.25, -0.2) is 13.8 Å². The van der Waals surface area contributed by atoms with Crippen LogP contribution >= 0.6 is 11.6 Å². The van der Waals surface area contributed by atoms with Crippen LogP contribution in [-0.2, 0) is 6.18 Å². The summed E-state index contributed by atoms with van der Waals surface area (Å²) < 4.78 is 66.2. The fourth-order valence-electron chi connectivity index (χ4n) is 3.17. The van der Waals surface area contributed by atoms with Crippen LogP contribution in [0, 0.1) is 11.6 Å². The van der Waals surface area contributed by atoms with Crippen LogP contribution in [0.3, 0.4) is 0 Å². The van der Waals surface area contributed by atoms with E-state index in [1.165, 1.54) is 42.5 Å². The molecule has 2 N–H and O–H groups in total. The number of hydrogen-bond donors (Lipinski definition) is 2. The zero-order valence-corrected chi connectivity index (χ0v) is 18.8. The number of nitrogens with one attached hydrogen (secondary N) is 2. The third kappa shape index (κ3) is 6.30. The third-order valence-corrected chi connectivity index (χ3v) is 5.02. The van der Waals surface area contributed by atoms with Crippen molar-refractivity contribution in [1.29, 1.82) is 0 Å². The highest BCUT2D eigenvalue weighted by molar-refractivity contribution is 6.31. The van der Waals surface area contributed by atoms with Gasteiger partial charge in [-0.3, -0.25) is 10.1 Å². The van der Waals surface area contributed by atoms with Gasteiger partial charge in [-0.15, -0.1) is 0 Å². The maximum Gasteiger partial charge on any atom is 0.416 e. The minimum atomic E-state index is -4.64. The Morgan fingerprint density at radius 1 is 0.972 bits per heavy atom. The van der Waals surface area contributed by atoms with Gasteiger partial charge in [0.05, 0.1) is 11.3 Å². The van der Waals surface area contributed by atoms with Gasteiger partial charge >= 0.3 is 6.18 Å². The Kier molecular flexibility index (Phi) is 7.11. The van der Waals surface area contributed by atoms with Gasteiger partial charge in [0.1, 0.15) is 11.6 Å². The van der Waals surface area contributed by atoms with E-state index in [2.05, 4.69) is 25.9 Å². The maximum atomic E-state index is 13.8. The first-order valence-corrected chi connectivity index (χ1v) is 10.6. The maximum absolute atomic E-state index is 13.8. The Balaban J connectivity index is 1.62. The average molecular weight is 520 g/mol. The van der Waals surface area contributed by atoms with Crippen LogP contribution in [0.5, 0.6) is 0 Å². The highest BCUT2D eigenvalue weighted by Gasteiger charge is 2.31. The molecule has 184 valence electrons. The summed E-state index contributed by atoms with van der Waals surface area (Å²) in [6, 6.07) is 12.8. The standard InChI is InChI=1S/C24H15ClF5N5O/c25-16-9-18(27)11-19(10-16)31-23(33-22(36)14-2-1-3-15(8-14)24(28,29)30)32-21-12-20(34-35-21)13-4-6-17(26)7-5-13/h1-12,21H,(H2,31,32,33,36). The Labute approximate surface area is 206 Å². The van der Waals surface area contributed by atoms with E-state index in [1.807, 2.05) is 0 Å². The van der Waals surface area contributed by atoms with E-state index in [-0.39, 0.29) is 22.2 Å². The summed E-state index contributed by atoms with van der Waals surface area (Å²) >= 11 is 5.88. The number of azo groups is 1. The second-order valence-corrected chi connectivity index (χ2v) is 7.92. The molecule has 3 aromatic carbocycles. The van der Waals surface area contributed by atoms with E-state index < -0.39 is 35.4 Å². The second-order valence-electron chi connectivity index (χ2n) is 7.48. The summed E-state index contributed by atoms with van der Waals surface area (Å²) in [6.45, 7) is 0. The van der Waals surface area contributed by atoms with Crippen LogP contribution in [0.1, 0.15) is 21.5 Å². The summed E-state index contributed by atoms with van der Waals surface area (Å²) in [5.41, 5.74) is -0.221. The van der Waals surface area contributed by atoms with Crippen LogP contribution in [0.2, 0.25) is 5.02 Å². The number of guanidine groups is 1. The number of benzene rings is 3. The zero-order chi connectivity index (χ0) is 25.9. The van der Waals surface area contributed by atoms with Crippen molar-refractivity contribution in [3.05, 3.63) is 106 Å². The number of nitrogens with zero attached hydrogens (tertiary/aromatic N) is 3. The number of carbonyl (C=O) groups is 1. The summed E-state index contributed by atoms with van der Waals surface area (Å²) in [5.74, 6) is -2.26. The molecule has 1 unspecified atom stereocenters. The van der Waals surface area contributed by atoms with Crippen LogP contribution in [0.15, 0.2) is 88.0 Å². The minimum absolute atomic E-state index is 0.0556. The molecule has 3 aromatic rings. The third-order valence-electron chi connectivity index (χ3n) is 4.80.